The highest BCUT2D eigenvalue weighted by molar-refractivity contribution is 5.92. The van der Waals surface area contributed by atoms with Crippen molar-refractivity contribution in [1.82, 2.24) is 19.9 Å². The number of benzene rings is 1. The van der Waals surface area contributed by atoms with Crippen molar-refractivity contribution in [2.75, 3.05) is 13.1 Å². The van der Waals surface area contributed by atoms with Crippen LogP contribution in [-0.4, -0.2) is 44.9 Å². The number of nitrogens with two attached hydrogens (primary N) is 1. The lowest BCUT2D eigenvalue weighted by molar-refractivity contribution is 0.0617. The second-order valence-electron chi connectivity index (χ2n) is 5.24. The molecule has 1 saturated heterocycles. The molecule has 6 nitrogen and oxygen atoms in total. The van der Waals surface area contributed by atoms with Gasteiger partial charge in [0.05, 0.1) is 11.9 Å². The second kappa shape index (κ2) is 6.05. The van der Waals surface area contributed by atoms with Crippen LogP contribution < -0.4 is 5.73 Å². The zero-order chi connectivity index (χ0) is 14.7. The van der Waals surface area contributed by atoms with Crippen LogP contribution in [0.1, 0.15) is 29.8 Å². The van der Waals surface area contributed by atoms with Crippen molar-refractivity contribution in [2.45, 2.75) is 25.3 Å². The standard InChI is InChI=1S/C15H19N5O/c16-10-13-8-4-5-9-19(13)15(21)14-11-17-20(18-14)12-6-2-1-3-7-12/h1-3,6-7,11,13H,4-5,8-10,16H2. The Bertz CT molecular complexity index is 610. The number of hydrogen-bond donors (Lipinski definition) is 1. The van der Waals surface area contributed by atoms with Crippen LogP contribution in [0.5, 0.6) is 0 Å². The van der Waals surface area contributed by atoms with E-state index in [1.165, 1.54) is 11.0 Å². The van der Waals surface area contributed by atoms with Gasteiger partial charge in [-0.25, -0.2) is 0 Å². The van der Waals surface area contributed by atoms with Gasteiger partial charge < -0.3 is 10.6 Å². The molecule has 1 unspecified atom stereocenters. The van der Waals surface area contributed by atoms with Crippen molar-refractivity contribution in [1.29, 1.82) is 0 Å². The highest BCUT2D eigenvalue weighted by Crippen LogP contribution is 2.18. The van der Waals surface area contributed by atoms with Gasteiger partial charge in [0.25, 0.3) is 5.91 Å². The average molecular weight is 285 g/mol. The Morgan fingerprint density at radius 1 is 1.29 bits per heavy atom. The lowest BCUT2D eigenvalue weighted by Crippen LogP contribution is -2.47. The number of hydrogen-bond acceptors (Lipinski definition) is 4. The smallest absolute Gasteiger partial charge is 0.276 e. The lowest BCUT2D eigenvalue weighted by atomic mass is 10.0. The van der Waals surface area contributed by atoms with Gasteiger partial charge in [-0.15, -0.1) is 5.10 Å². The van der Waals surface area contributed by atoms with E-state index in [-0.39, 0.29) is 11.9 Å². The monoisotopic (exact) mass is 285 g/mol. The van der Waals surface area contributed by atoms with Crippen LogP contribution in [0, 0.1) is 0 Å². The maximum atomic E-state index is 12.6. The fraction of sp³-hybridized carbons (Fsp3) is 0.400. The van der Waals surface area contributed by atoms with Crippen molar-refractivity contribution < 1.29 is 4.79 Å². The summed E-state index contributed by atoms with van der Waals surface area (Å²) in [5.41, 5.74) is 6.98. The number of carbonyl (C=O) groups excluding carboxylic acids is 1. The van der Waals surface area contributed by atoms with Crippen molar-refractivity contribution >= 4 is 5.91 Å². The minimum Gasteiger partial charge on any atom is -0.333 e. The zero-order valence-electron chi connectivity index (χ0n) is 11.9. The molecule has 1 aromatic heterocycles. The van der Waals surface area contributed by atoms with Gasteiger partial charge in [-0.05, 0) is 31.4 Å². The number of para-hydroxylation sites is 1. The van der Waals surface area contributed by atoms with Gasteiger partial charge >= 0.3 is 0 Å². The molecule has 1 atom stereocenters. The third kappa shape index (κ3) is 2.80. The van der Waals surface area contributed by atoms with Crippen molar-refractivity contribution in [3.63, 3.8) is 0 Å². The number of nitrogens with zero attached hydrogens (tertiary/aromatic N) is 4. The minimum absolute atomic E-state index is 0.0765. The summed E-state index contributed by atoms with van der Waals surface area (Å²) in [7, 11) is 0. The molecule has 2 N–H and O–H groups in total. The predicted molar refractivity (Wildman–Crippen MR) is 79.1 cm³/mol. The molecule has 1 aliphatic rings. The van der Waals surface area contributed by atoms with Crippen LogP contribution in [0.2, 0.25) is 0 Å². The van der Waals surface area contributed by atoms with E-state index >= 15 is 0 Å². The topological polar surface area (TPSA) is 77.0 Å². The van der Waals surface area contributed by atoms with E-state index in [0.29, 0.717) is 12.2 Å². The molecule has 0 saturated carbocycles. The van der Waals surface area contributed by atoms with E-state index in [0.717, 1.165) is 31.5 Å². The van der Waals surface area contributed by atoms with Crippen LogP contribution in [0.25, 0.3) is 5.69 Å². The number of likely N-dealkylation sites (tertiary alicyclic amines) is 1. The number of piperidine rings is 1. The normalized spacial score (nSPS) is 18.7. The molecule has 21 heavy (non-hydrogen) atoms. The Morgan fingerprint density at radius 2 is 2.10 bits per heavy atom. The molecule has 1 aliphatic heterocycles. The summed E-state index contributed by atoms with van der Waals surface area (Å²) in [5.74, 6) is -0.0765. The minimum atomic E-state index is -0.0765. The molecule has 2 heterocycles. The first kappa shape index (κ1) is 13.8. The number of aromatic nitrogens is 3. The molecule has 1 aromatic carbocycles. The lowest BCUT2D eigenvalue weighted by Gasteiger charge is -2.34. The Balaban J connectivity index is 1.81. The first-order valence-corrected chi connectivity index (χ1v) is 7.28. The Morgan fingerprint density at radius 3 is 2.86 bits per heavy atom. The molecule has 0 radical (unpaired) electrons. The summed E-state index contributed by atoms with van der Waals surface area (Å²) < 4.78 is 0. The third-order valence-corrected chi connectivity index (χ3v) is 3.86. The SMILES string of the molecule is NCC1CCCCN1C(=O)c1cnn(-c2ccccc2)n1. The number of amides is 1. The summed E-state index contributed by atoms with van der Waals surface area (Å²) in [6, 6.07) is 9.67. The molecule has 6 heteroatoms. The highest BCUT2D eigenvalue weighted by atomic mass is 16.2. The Kier molecular flexibility index (Phi) is 3.96. The van der Waals surface area contributed by atoms with Crippen molar-refractivity contribution in [3.8, 4) is 5.69 Å². The van der Waals surface area contributed by atoms with Crippen molar-refractivity contribution in [2.24, 2.45) is 5.73 Å². The van der Waals surface area contributed by atoms with E-state index in [1.54, 1.807) is 0 Å². The summed E-state index contributed by atoms with van der Waals surface area (Å²) in [6.45, 7) is 1.25. The molecular formula is C15H19N5O. The van der Waals surface area contributed by atoms with Crippen LogP contribution in [0.4, 0.5) is 0 Å². The molecule has 1 amide bonds. The quantitative estimate of drug-likeness (QED) is 0.920. The average Bonchev–Trinajstić information content (AvgIpc) is 3.05. The summed E-state index contributed by atoms with van der Waals surface area (Å²) in [5, 5.41) is 8.48. The van der Waals surface area contributed by atoms with Gasteiger partial charge in [0, 0.05) is 19.1 Å². The first-order chi connectivity index (χ1) is 10.3. The maximum absolute atomic E-state index is 12.6. The fourth-order valence-electron chi connectivity index (χ4n) is 2.71. The van der Waals surface area contributed by atoms with Gasteiger partial charge in [-0.3, -0.25) is 4.79 Å². The van der Waals surface area contributed by atoms with Gasteiger partial charge in [-0.2, -0.15) is 9.90 Å². The van der Waals surface area contributed by atoms with Crippen LogP contribution >= 0.6 is 0 Å². The molecule has 1 fully saturated rings. The summed E-state index contributed by atoms with van der Waals surface area (Å²) in [4.78, 5) is 15.9. The maximum Gasteiger partial charge on any atom is 0.276 e. The highest BCUT2D eigenvalue weighted by Gasteiger charge is 2.28. The van der Waals surface area contributed by atoms with Crippen LogP contribution in [0.3, 0.4) is 0 Å². The molecular weight excluding hydrogens is 266 g/mol. The van der Waals surface area contributed by atoms with Crippen molar-refractivity contribution in [3.05, 3.63) is 42.2 Å². The predicted octanol–water partition coefficient (Wildman–Crippen LogP) is 1.22. The van der Waals surface area contributed by atoms with Gasteiger partial charge in [0.2, 0.25) is 0 Å². The van der Waals surface area contributed by atoms with E-state index < -0.39 is 0 Å². The summed E-state index contributed by atoms with van der Waals surface area (Å²) >= 11 is 0. The zero-order valence-corrected chi connectivity index (χ0v) is 11.9. The van der Waals surface area contributed by atoms with E-state index in [2.05, 4.69) is 10.2 Å². The number of rotatable bonds is 3. The van der Waals surface area contributed by atoms with Crippen LogP contribution in [0.15, 0.2) is 36.5 Å². The van der Waals surface area contributed by atoms with Gasteiger partial charge in [-0.1, -0.05) is 18.2 Å². The molecule has 0 spiro atoms. The first-order valence-electron chi connectivity index (χ1n) is 7.28. The van der Waals surface area contributed by atoms with E-state index in [9.17, 15) is 4.79 Å². The third-order valence-electron chi connectivity index (χ3n) is 3.86. The Hall–Kier alpha value is -2.21. The molecule has 110 valence electrons. The number of carbonyl (C=O) groups is 1. The second-order valence-corrected chi connectivity index (χ2v) is 5.24. The molecule has 3 rings (SSSR count). The molecule has 0 bridgehead atoms. The Labute approximate surface area is 123 Å². The van der Waals surface area contributed by atoms with Gasteiger partial charge in [0.15, 0.2) is 5.69 Å². The fourth-order valence-corrected chi connectivity index (χ4v) is 2.71. The summed E-state index contributed by atoms with van der Waals surface area (Å²) in [6.07, 6.45) is 4.64. The molecule has 2 aromatic rings. The van der Waals surface area contributed by atoms with Gasteiger partial charge in [0.1, 0.15) is 0 Å². The van der Waals surface area contributed by atoms with E-state index in [4.69, 9.17) is 5.73 Å². The largest absolute Gasteiger partial charge is 0.333 e. The van der Waals surface area contributed by atoms with Crippen LogP contribution in [-0.2, 0) is 0 Å². The van der Waals surface area contributed by atoms with E-state index in [1.807, 2.05) is 35.2 Å². The molecule has 0 aliphatic carbocycles.